The Balaban J connectivity index is 4.81. The summed E-state index contributed by atoms with van der Waals surface area (Å²) in [6.45, 7) is 5.03. The number of nitrogens with one attached hydrogen (secondary N) is 1. The second-order valence-corrected chi connectivity index (χ2v) is 3.94. The fourth-order valence-corrected chi connectivity index (χ4v) is 1.23. The molecule has 6 nitrogen and oxygen atoms in total. The minimum absolute atomic E-state index is 0.0157. The number of terminal acetylenes is 1. The van der Waals surface area contributed by atoms with E-state index >= 15 is 0 Å². The fourth-order valence-electron chi connectivity index (χ4n) is 1.23. The molecule has 0 aromatic carbocycles. The second kappa shape index (κ2) is 7.93. The predicted molar refractivity (Wildman–Crippen MR) is 70.2 cm³/mol. The molecule has 104 valence electrons. The van der Waals surface area contributed by atoms with Gasteiger partial charge >= 0.3 is 12.0 Å². The van der Waals surface area contributed by atoms with Crippen LogP contribution in [0.4, 0.5) is 4.79 Å². The predicted octanol–water partition coefficient (Wildman–Crippen LogP) is 0.989. The number of nitrogens with zero attached hydrogens (tertiary/aromatic N) is 1. The van der Waals surface area contributed by atoms with Crippen LogP contribution in [0.15, 0.2) is 11.1 Å². The number of aliphatic carboxylic acids is 1. The number of carbonyl (C=O) groups excluding carboxylic acids is 2. The molecule has 0 aliphatic rings. The normalized spacial score (nSPS) is 11.1. The number of amides is 3. The summed E-state index contributed by atoms with van der Waals surface area (Å²) in [5.74, 6) is 0.391. The third-order valence-electron chi connectivity index (χ3n) is 2.51. The van der Waals surface area contributed by atoms with E-state index in [0.717, 1.165) is 0 Å². The zero-order chi connectivity index (χ0) is 15.0. The van der Waals surface area contributed by atoms with Gasteiger partial charge in [-0.15, -0.1) is 6.42 Å². The van der Waals surface area contributed by atoms with E-state index in [2.05, 4.69) is 11.2 Å². The van der Waals surface area contributed by atoms with Gasteiger partial charge in [0.2, 0.25) is 0 Å². The standard InChI is InChI=1S/C13H18N2O4/c1-5-7-15(8-6-2)13(19)14-11(16)9(3)10(4)12(17)18/h1H,6-8H2,2-4H3,(H,17,18)(H,14,16,19). The molecule has 0 bridgehead atoms. The number of hydrogen-bond acceptors (Lipinski definition) is 3. The van der Waals surface area contributed by atoms with Crippen LogP contribution in [-0.4, -0.2) is 41.0 Å². The maximum absolute atomic E-state index is 11.8. The molecule has 0 saturated heterocycles. The van der Waals surface area contributed by atoms with Crippen molar-refractivity contribution in [3.05, 3.63) is 11.1 Å². The van der Waals surface area contributed by atoms with E-state index in [1.165, 1.54) is 18.7 Å². The summed E-state index contributed by atoms with van der Waals surface area (Å²) < 4.78 is 0. The number of hydrogen-bond donors (Lipinski definition) is 2. The molecule has 6 heteroatoms. The Hall–Kier alpha value is -2.29. The lowest BCUT2D eigenvalue weighted by Crippen LogP contribution is -2.43. The van der Waals surface area contributed by atoms with Crippen molar-refractivity contribution in [2.45, 2.75) is 27.2 Å². The van der Waals surface area contributed by atoms with Crippen molar-refractivity contribution in [3.63, 3.8) is 0 Å². The summed E-state index contributed by atoms with van der Waals surface area (Å²) >= 11 is 0. The first-order chi connectivity index (χ1) is 8.84. The maximum atomic E-state index is 11.8. The molecule has 0 atom stereocenters. The minimum Gasteiger partial charge on any atom is -0.478 e. The molecule has 0 aromatic heterocycles. The van der Waals surface area contributed by atoms with Crippen molar-refractivity contribution in [2.75, 3.05) is 13.1 Å². The highest BCUT2D eigenvalue weighted by molar-refractivity contribution is 6.07. The number of carbonyl (C=O) groups is 3. The fraction of sp³-hybridized carbons (Fsp3) is 0.462. The van der Waals surface area contributed by atoms with Crippen LogP contribution in [0.25, 0.3) is 0 Å². The lowest BCUT2D eigenvalue weighted by Gasteiger charge is -2.19. The van der Waals surface area contributed by atoms with Crippen LogP contribution in [0.5, 0.6) is 0 Å². The summed E-state index contributed by atoms with van der Waals surface area (Å²) in [6, 6.07) is -0.623. The first kappa shape index (κ1) is 16.7. The molecular weight excluding hydrogens is 248 g/mol. The van der Waals surface area contributed by atoms with Gasteiger partial charge in [0, 0.05) is 17.7 Å². The molecule has 0 fully saturated rings. The molecule has 19 heavy (non-hydrogen) atoms. The molecule has 3 amide bonds. The van der Waals surface area contributed by atoms with Gasteiger partial charge in [0.05, 0.1) is 6.54 Å². The van der Waals surface area contributed by atoms with Gasteiger partial charge in [0.1, 0.15) is 0 Å². The van der Waals surface area contributed by atoms with Crippen molar-refractivity contribution in [1.29, 1.82) is 0 Å². The summed E-state index contributed by atoms with van der Waals surface area (Å²) in [5, 5.41) is 10.9. The molecule has 0 spiro atoms. The first-order valence-corrected chi connectivity index (χ1v) is 5.79. The van der Waals surface area contributed by atoms with Gasteiger partial charge in [-0.25, -0.2) is 9.59 Å². The summed E-state index contributed by atoms with van der Waals surface area (Å²) in [4.78, 5) is 35.5. The first-order valence-electron chi connectivity index (χ1n) is 5.79. The quantitative estimate of drug-likeness (QED) is 0.574. The number of carboxylic acid groups (broad SMARTS) is 1. The van der Waals surface area contributed by atoms with Gasteiger partial charge in [0.15, 0.2) is 0 Å². The van der Waals surface area contributed by atoms with Crippen molar-refractivity contribution in [3.8, 4) is 12.3 Å². The van der Waals surface area contributed by atoms with Crippen LogP contribution in [0, 0.1) is 12.3 Å². The largest absolute Gasteiger partial charge is 0.478 e. The molecule has 0 aliphatic heterocycles. The van der Waals surface area contributed by atoms with E-state index in [-0.39, 0.29) is 17.7 Å². The second-order valence-electron chi connectivity index (χ2n) is 3.94. The van der Waals surface area contributed by atoms with Crippen LogP contribution in [0.3, 0.4) is 0 Å². The highest BCUT2D eigenvalue weighted by Gasteiger charge is 2.18. The minimum atomic E-state index is -1.20. The van der Waals surface area contributed by atoms with E-state index in [4.69, 9.17) is 11.5 Å². The van der Waals surface area contributed by atoms with E-state index in [9.17, 15) is 14.4 Å². The van der Waals surface area contributed by atoms with Gasteiger partial charge < -0.3 is 10.0 Å². The Morgan fingerprint density at radius 2 is 1.84 bits per heavy atom. The van der Waals surface area contributed by atoms with E-state index < -0.39 is 17.9 Å². The van der Waals surface area contributed by atoms with Gasteiger partial charge in [-0.3, -0.25) is 10.1 Å². The summed E-state index contributed by atoms with van der Waals surface area (Å²) in [7, 11) is 0. The number of urea groups is 1. The van der Waals surface area contributed by atoms with Crippen molar-refractivity contribution >= 4 is 17.9 Å². The Kier molecular flexibility index (Phi) is 6.97. The molecule has 0 rings (SSSR count). The van der Waals surface area contributed by atoms with Crippen LogP contribution in [0.1, 0.15) is 27.2 Å². The van der Waals surface area contributed by atoms with Gasteiger partial charge in [-0.05, 0) is 20.3 Å². The van der Waals surface area contributed by atoms with Crippen LogP contribution in [-0.2, 0) is 9.59 Å². The molecule has 0 aromatic rings. The van der Waals surface area contributed by atoms with Crippen LogP contribution < -0.4 is 5.32 Å². The Bertz CT molecular complexity index is 446. The molecule has 2 N–H and O–H groups in total. The van der Waals surface area contributed by atoms with Crippen molar-refractivity contribution < 1.29 is 19.5 Å². The van der Waals surface area contributed by atoms with Crippen LogP contribution in [0.2, 0.25) is 0 Å². The highest BCUT2D eigenvalue weighted by Crippen LogP contribution is 2.04. The average Bonchev–Trinajstić information content (AvgIpc) is 2.36. The number of rotatable bonds is 5. The van der Waals surface area contributed by atoms with Gasteiger partial charge in [0.25, 0.3) is 5.91 Å². The highest BCUT2D eigenvalue weighted by atomic mass is 16.4. The van der Waals surface area contributed by atoms with Crippen molar-refractivity contribution in [2.24, 2.45) is 0 Å². The summed E-state index contributed by atoms with van der Waals surface area (Å²) in [5.41, 5.74) is -0.123. The monoisotopic (exact) mass is 266 g/mol. The Morgan fingerprint density at radius 1 is 1.26 bits per heavy atom. The molecule has 0 unspecified atom stereocenters. The van der Waals surface area contributed by atoms with E-state index in [1.54, 1.807) is 0 Å². The van der Waals surface area contributed by atoms with Gasteiger partial charge in [-0.1, -0.05) is 12.8 Å². The zero-order valence-corrected chi connectivity index (χ0v) is 11.3. The van der Waals surface area contributed by atoms with Crippen molar-refractivity contribution in [1.82, 2.24) is 10.2 Å². The lowest BCUT2D eigenvalue weighted by molar-refractivity contribution is -0.133. The third kappa shape index (κ3) is 5.25. The van der Waals surface area contributed by atoms with E-state index in [0.29, 0.717) is 13.0 Å². The molecule has 0 radical (unpaired) electrons. The van der Waals surface area contributed by atoms with Gasteiger partial charge in [-0.2, -0.15) is 0 Å². The maximum Gasteiger partial charge on any atom is 0.331 e. The zero-order valence-electron chi connectivity index (χ0n) is 11.3. The molecular formula is C13H18N2O4. The third-order valence-corrected chi connectivity index (χ3v) is 2.51. The summed E-state index contributed by atoms with van der Waals surface area (Å²) in [6.07, 6.45) is 5.83. The SMILES string of the molecule is C#CCN(CCC)C(=O)NC(=O)C(C)=C(C)C(=O)O. The molecule has 0 saturated carbocycles. The van der Waals surface area contributed by atoms with E-state index in [1.807, 2.05) is 6.92 Å². The number of carboxylic acids is 1. The topological polar surface area (TPSA) is 86.7 Å². The van der Waals surface area contributed by atoms with Crippen LogP contribution >= 0.6 is 0 Å². The lowest BCUT2D eigenvalue weighted by atomic mass is 10.1. The molecule has 0 heterocycles. The smallest absolute Gasteiger partial charge is 0.331 e. The average molecular weight is 266 g/mol. The Labute approximate surface area is 112 Å². The Morgan fingerprint density at radius 3 is 2.26 bits per heavy atom. The number of imide groups is 1. The molecule has 0 aliphatic carbocycles.